The van der Waals surface area contributed by atoms with Crippen LogP contribution in [0.4, 0.5) is 0 Å². The zero-order valence-electron chi connectivity index (χ0n) is 14.7. The lowest BCUT2D eigenvalue weighted by atomic mass is 9.75. The van der Waals surface area contributed by atoms with Crippen LogP contribution >= 0.6 is 0 Å². The van der Waals surface area contributed by atoms with E-state index >= 15 is 0 Å². The minimum absolute atomic E-state index is 0.268. The molecular formula is C16H34N4O. The van der Waals surface area contributed by atoms with Gasteiger partial charge in [-0.25, -0.2) is 0 Å². The van der Waals surface area contributed by atoms with Crippen molar-refractivity contribution in [2.24, 2.45) is 5.73 Å². The third-order valence-electron chi connectivity index (χ3n) is 5.34. The maximum atomic E-state index is 11.8. The molecule has 3 N–H and O–H groups in total. The van der Waals surface area contributed by atoms with Crippen molar-refractivity contribution in [3.8, 4) is 0 Å². The molecule has 2 atom stereocenters. The summed E-state index contributed by atoms with van der Waals surface area (Å²) >= 11 is 0. The smallest absolute Gasteiger partial charge is 0.237 e. The van der Waals surface area contributed by atoms with Crippen LogP contribution in [0.3, 0.4) is 0 Å². The minimum atomic E-state index is -0.632. The number of rotatable bonds is 9. The van der Waals surface area contributed by atoms with Crippen LogP contribution in [0.15, 0.2) is 0 Å². The lowest BCUT2D eigenvalue weighted by Gasteiger charge is -2.50. The summed E-state index contributed by atoms with van der Waals surface area (Å²) < 4.78 is 0. The molecule has 1 fully saturated rings. The van der Waals surface area contributed by atoms with Gasteiger partial charge in [0.2, 0.25) is 5.91 Å². The third kappa shape index (κ3) is 4.18. The van der Waals surface area contributed by atoms with Gasteiger partial charge in [-0.3, -0.25) is 4.79 Å². The van der Waals surface area contributed by atoms with Crippen molar-refractivity contribution in [3.63, 3.8) is 0 Å². The molecule has 1 rings (SSSR count). The topological polar surface area (TPSA) is 61.6 Å². The molecule has 124 valence electrons. The van der Waals surface area contributed by atoms with E-state index in [9.17, 15) is 4.79 Å². The Morgan fingerprint density at radius 2 is 1.95 bits per heavy atom. The first-order valence-electron chi connectivity index (χ1n) is 8.09. The number of amides is 1. The Balaban J connectivity index is 2.65. The lowest BCUT2D eigenvalue weighted by molar-refractivity contribution is -0.124. The van der Waals surface area contributed by atoms with Gasteiger partial charge >= 0.3 is 0 Å². The molecule has 0 heterocycles. The Morgan fingerprint density at radius 1 is 1.38 bits per heavy atom. The standard InChI is InChI=1S/C16H34N4O/c1-7-18-15(3,14(17)21)11-13(2)20(6)12-16(19(4)5)9-8-10-16/h13,18H,7-12H2,1-6H3,(H2,17,21). The predicted molar refractivity (Wildman–Crippen MR) is 88.3 cm³/mol. The second-order valence-corrected chi connectivity index (χ2v) is 7.17. The lowest BCUT2D eigenvalue weighted by Crippen LogP contribution is -2.60. The van der Waals surface area contributed by atoms with Crippen molar-refractivity contribution in [1.82, 2.24) is 15.1 Å². The van der Waals surface area contributed by atoms with Crippen molar-refractivity contribution in [3.05, 3.63) is 0 Å². The van der Waals surface area contributed by atoms with Crippen LogP contribution in [0.2, 0.25) is 0 Å². The summed E-state index contributed by atoms with van der Waals surface area (Å²) in [5, 5.41) is 3.25. The van der Waals surface area contributed by atoms with Crippen molar-refractivity contribution < 1.29 is 4.79 Å². The molecule has 21 heavy (non-hydrogen) atoms. The van der Waals surface area contributed by atoms with Gasteiger partial charge in [0.15, 0.2) is 0 Å². The van der Waals surface area contributed by atoms with E-state index in [1.807, 2.05) is 13.8 Å². The number of carbonyl (C=O) groups is 1. The summed E-state index contributed by atoms with van der Waals surface area (Å²) in [7, 11) is 6.50. The molecule has 5 heteroatoms. The van der Waals surface area contributed by atoms with Crippen molar-refractivity contribution in [1.29, 1.82) is 0 Å². The van der Waals surface area contributed by atoms with Gasteiger partial charge in [-0.2, -0.15) is 0 Å². The van der Waals surface area contributed by atoms with E-state index in [1.54, 1.807) is 0 Å². The number of likely N-dealkylation sites (N-methyl/N-ethyl adjacent to an activating group) is 3. The zero-order valence-corrected chi connectivity index (χ0v) is 14.7. The maximum Gasteiger partial charge on any atom is 0.237 e. The molecular weight excluding hydrogens is 264 g/mol. The van der Waals surface area contributed by atoms with Crippen molar-refractivity contribution >= 4 is 5.91 Å². The van der Waals surface area contributed by atoms with Crippen LogP contribution in [0.25, 0.3) is 0 Å². The van der Waals surface area contributed by atoms with E-state index in [4.69, 9.17) is 5.73 Å². The summed E-state index contributed by atoms with van der Waals surface area (Å²) in [5.74, 6) is -0.268. The van der Waals surface area contributed by atoms with Crippen LogP contribution < -0.4 is 11.1 Å². The quantitative estimate of drug-likeness (QED) is 0.667. The Bertz CT molecular complexity index is 354. The van der Waals surface area contributed by atoms with Crippen LogP contribution in [-0.2, 0) is 4.79 Å². The molecule has 2 unspecified atom stereocenters. The van der Waals surface area contributed by atoms with Gasteiger partial charge in [0.25, 0.3) is 0 Å². The zero-order chi connectivity index (χ0) is 16.3. The Labute approximate surface area is 130 Å². The number of primary amides is 1. The fraction of sp³-hybridized carbons (Fsp3) is 0.938. The molecule has 1 aliphatic rings. The molecule has 0 aromatic carbocycles. The summed E-state index contributed by atoms with van der Waals surface area (Å²) in [4.78, 5) is 16.5. The molecule has 0 aromatic heterocycles. The molecule has 5 nitrogen and oxygen atoms in total. The third-order valence-corrected chi connectivity index (χ3v) is 5.34. The number of nitrogens with zero attached hydrogens (tertiary/aromatic N) is 2. The molecule has 1 saturated carbocycles. The van der Waals surface area contributed by atoms with E-state index in [1.165, 1.54) is 19.3 Å². The van der Waals surface area contributed by atoms with E-state index in [2.05, 4.69) is 43.2 Å². The highest BCUT2D eigenvalue weighted by atomic mass is 16.1. The number of hydrogen-bond acceptors (Lipinski definition) is 4. The van der Waals surface area contributed by atoms with E-state index in [0.29, 0.717) is 11.6 Å². The first-order chi connectivity index (χ1) is 9.67. The van der Waals surface area contributed by atoms with Crippen LogP contribution in [0, 0.1) is 0 Å². The normalized spacial score (nSPS) is 21.9. The maximum absolute atomic E-state index is 11.8. The van der Waals surface area contributed by atoms with E-state index < -0.39 is 5.54 Å². The van der Waals surface area contributed by atoms with Gasteiger partial charge in [-0.05, 0) is 67.2 Å². The molecule has 0 spiro atoms. The second-order valence-electron chi connectivity index (χ2n) is 7.17. The predicted octanol–water partition coefficient (Wildman–Crippen LogP) is 1.03. The Morgan fingerprint density at radius 3 is 2.29 bits per heavy atom. The molecule has 0 saturated heterocycles. The van der Waals surface area contributed by atoms with Crippen molar-refractivity contribution in [2.45, 2.75) is 63.6 Å². The number of hydrogen-bond donors (Lipinski definition) is 2. The molecule has 0 radical (unpaired) electrons. The average Bonchev–Trinajstić information content (AvgIpc) is 2.32. The highest BCUT2D eigenvalue weighted by Gasteiger charge is 2.41. The Hall–Kier alpha value is -0.650. The van der Waals surface area contributed by atoms with Gasteiger partial charge < -0.3 is 20.9 Å². The summed E-state index contributed by atoms with van der Waals surface area (Å²) in [6.45, 7) is 7.89. The van der Waals surface area contributed by atoms with Gasteiger partial charge in [0.05, 0.1) is 5.54 Å². The minimum Gasteiger partial charge on any atom is -0.368 e. The summed E-state index contributed by atoms with van der Waals surface area (Å²) in [6.07, 6.45) is 4.57. The monoisotopic (exact) mass is 298 g/mol. The second kappa shape index (κ2) is 7.07. The van der Waals surface area contributed by atoms with Crippen LogP contribution in [-0.4, -0.2) is 67.1 Å². The molecule has 1 amide bonds. The summed E-state index contributed by atoms with van der Waals surface area (Å²) in [6, 6.07) is 0.305. The molecule has 1 aliphatic carbocycles. The molecule has 0 aromatic rings. The highest BCUT2D eigenvalue weighted by molar-refractivity contribution is 5.84. The van der Waals surface area contributed by atoms with Gasteiger partial charge in [0, 0.05) is 18.1 Å². The fourth-order valence-corrected chi connectivity index (χ4v) is 3.35. The number of carbonyl (C=O) groups excluding carboxylic acids is 1. The number of nitrogens with one attached hydrogen (secondary N) is 1. The van der Waals surface area contributed by atoms with Crippen LogP contribution in [0.1, 0.15) is 46.5 Å². The molecule has 0 bridgehead atoms. The van der Waals surface area contributed by atoms with Crippen molar-refractivity contribution in [2.75, 3.05) is 34.2 Å². The first-order valence-corrected chi connectivity index (χ1v) is 8.09. The van der Waals surface area contributed by atoms with Gasteiger partial charge in [-0.15, -0.1) is 0 Å². The Kier molecular flexibility index (Phi) is 6.20. The molecule has 0 aliphatic heterocycles. The highest BCUT2D eigenvalue weighted by Crippen LogP contribution is 2.37. The largest absolute Gasteiger partial charge is 0.368 e. The first kappa shape index (κ1) is 18.4. The van der Waals surface area contributed by atoms with Gasteiger partial charge in [0.1, 0.15) is 0 Å². The SMILES string of the molecule is CCNC(C)(CC(C)N(C)CC1(N(C)C)CCC1)C(N)=O. The average molecular weight is 298 g/mol. The fourth-order valence-electron chi connectivity index (χ4n) is 3.35. The summed E-state index contributed by atoms with van der Waals surface area (Å²) in [5.41, 5.74) is 5.27. The van der Waals surface area contributed by atoms with Crippen LogP contribution in [0.5, 0.6) is 0 Å². The van der Waals surface area contributed by atoms with E-state index in [-0.39, 0.29) is 5.91 Å². The van der Waals surface area contributed by atoms with Gasteiger partial charge in [-0.1, -0.05) is 6.92 Å². The van der Waals surface area contributed by atoms with E-state index in [0.717, 1.165) is 19.5 Å². The number of nitrogens with two attached hydrogens (primary N) is 1.